The van der Waals surface area contributed by atoms with Crippen molar-refractivity contribution in [2.45, 2.75) is 25.2 Å². The van der Waals surface area contributed by atoms with Crippen LogP contribution in [0, 0.1) is 0 Å². The number of nitrogens with zero attached hydrogens (tertiary/aromatic N) is 2. The Labute approximate surface area is 110 Å². The van der Waals surface area contributed by atoms with Crippen LogP contribution in [0.15, 0.2) is 10.6 Å². The van der Waals surface area contributed by atoms with Crippen LogP contribution in [0.2, 0.25) is 0 Å². The molecule has 7 nitrogen and oxygen atoms in total. The quantitative estimate of drug-likeness (QED) is 0.864. The Bertz CT molecular complexity index is 466. The SMILES string of the molecule is O=C(O)c1cc(CN2CCCC3(C2)OCCO3)on1. The maximum atomic E-state index is 10.7. The molecular formula is C12H16N2O5. The number of hydrogen-bond acceptors (Lipinski definition) is 6. The van der Waals surface area contributed by atoms with Crippen LogP contribution in [0.5, 0.6) is 0 Å². The molecule has 1 aromatic rings. The maximum Gasteiger partial charge on any atom is 0.358 e. The lowest BCUT2D eigenvalue weighted by atomic mass is 10.0. The van der Waals surface area contributed by atoms with Crippen molar-refractivity contribution in [1.29, 1.82) is 0 Å². The minimum atomic E-state index is -1.08. The van der Waals surface area contributed by atoms with Crippen molar-refractivity contribution >= 4 is 5.97 Å². The fraction of sp³-hybridized carbons (Fsp3) is 0.667. The van der Waals surface area contributed by atoms with Gasteiger partial charge in [0.25, 0.3) is 0 Å². The highest BCUT2D eigenvalue weighted by Gasteiger charge is 2.40. The highest BCUT2D eigenvalue weighted by atomic mass is 16.7. The molecule has 0 aliphatic carbocycles. The zero-order valence-corrected chi connectivity index (χ0v) is 10.5. The summed E-state index contributed by atoms with van der Waals surface area (Å²) in [4.78, 5) is 12.9. The van der Waals surface area contributed by atoms with Gasteiger partial charge in [-0.1, -0.05) is 5.16 Å². The second-order valence-corrected chi connectivity index (χ2v) is 4.91. The van der Waals surface area contributed by atoms with E-state index in [0.29, 0.717) is 32.1 Å². The van der Waals surface area contributed by atoms with Crippen LogP contribution in [0.25, 0.3) is 0 Å². The number of carbonyl (C=O) groups is 1. The molecule has 1 N–H and O–H groups in total. The Kier molecular flexibility index (Phi) is 3.26. The molecule has 104 valence electrons. The minimum Gasteiger partial charge on any atom is -0.476 e. The second kappa shape index (κ2) is 4.92. The molecule has 19 heavy (non-hydrogen) atoms. The standard InChI is InChI=1S/C12H16N2O5/c15-11(16)10-6-9(19-13-10)7-14-3-1-2-12(8-14)17-4-5-18-12/h6H,1-5,7-8H2,(H,15,16). The highest BCUT2D eigenvalue weighted by molar-refractivity contribution is 5.85. The summed E-state index contributed by atoms with van der Waals surface area (Å²) in [5, 5.41) is 12.3. The second-order valence-electron chi connectivity index (χ2n) is 4.91. The van der Waals surface area contributed by atoms with Gasteiger partial charge in [0.05, 0.1) is 26.3 Å². The molecule has 0 radical (unpaired) electrons. The largest absolute Gasteiger partial charge is 0.476 e. The number of carboxylic acids is 1. The number of piperidine rings is 1. The number of aromatic nitrogens is 1. The van der Waals surface area contributed by atoms with Crippen molar-refractivity contribution in [3.05, 3.63) is 17.5 Å². The van der Waals surface area contributed by atoms with Gasteiger partial charge in [-0.2, -0.15) is 0 Å². The molecule has 0 saturated carbocycles. The number of aromatic carboxylic acids is 1. The molecule has 1 spiro atoms. The molecule has 2 aliphatic heterocycles. The van der Waals surface area contributed by atoms with Crippen LogP contribution in [-0.4, -0.2) is 53.2 Å². The lowest BCUT2D eigenvalue weighted by molar-refractivity contribution is -0.190. The van der Waals surface area contributed by atoms with E-state index in [1.807, 2.05) is 0 Å². The van der Waals surface area contributed by atoms with Gasteiger partial charge in [0.15, 0.2) is 17.2 Å². The van der Waals surface area contributed by atoms with Crippen LogP contribution in [-0.2, 0) is 16.0 Å². The first-order valence-electron chi connectivity index (χ1n) is 6.36. The van der Waals surface area contributed by atoms with Crippen molar-refractivity contribution in [3.63, 3.8) is 0 Å². The Morgan fingerprint density at radius 2 is 2.26 bits per heavy atom. The third-order valence-electron chi connectivity index (χ3n) is 3.47. The average molecular weight is 268 g/mol. The van der Waals surface area contributed by atoms with Crippen molar-refractivity contribution in [2.75, 3.05) is 26.3 Å². The molecule has 0 unspecified atom stereocenters. The first-order chi connectivity index (χ1) is 9.17. The van der Waals surface area contributed by atoms with E-state index < -0.39 is 11.8 Å². The highest BCUT2D eigenvalue weighted by Crippen LogP contribution is 2.30. The van der Waals surface area contributed by atoms with Gasteiger partial charge in [-0.3, -0.25) is 4.90 Å². The third-order valence-corrected chi connectivity index (χ3v) is 3.47. The molecule has 3 heterocycles. The lowest BCUT2D eigenvalue weighted by Crippen LogP contribution is -2.48. The molecule has 7 heteroatoms. The molecule has 0 atom stereocenters. The van der Waals surface area contributed by atoms with Crippen molar-refractivity contribution in [1.82, 2.24) is 10.1 Å². The minimum absolute atomic E-state index is 0.0601. The molecule has 1 aromatic heterocycles. The molecule has 2 aliphatic rings. The zero-order chi connectivity index (χ0) is 13.3. The van der Waals surface area contributed by atoms with Gasteiger partial charge in [0.2, 0.25) is 0 Å². The lowest BCUT2D eigenvalue weighted by Gasteiger charge is -2.38. The van der Waals surface area contributed by atoms with E-state index in [1.165, 1.54) is 6.07 Å². The first kappa shape index (κ1) is 12.6. The third kappa shape index (κ3) is 2.63. The van der Waals surface area contributed by atoms with E-state index in [-0.39, 0.29) is 5.69 Å². The number of carboxylic acid groups (broad SMARTS) is 1. The van der Waals surface area contributed by atoms with Crippen molar-refractivity contribution < 1.29 is 23.9 Å². The molecule has 0 bridgehead atoms. The Morgan fingerprint density at radius 1 is 1.47 bits per heavy atom. The van der Waals surface area contributed by atoms with E-state index in [2.05, 4.69) is 10.1 Å². The van der Waals surface area contributed by atoms with E-state index >= 15 is 0 Å². The average Bonchev–Trinajstić information content (AvgIpc) is 3.00. The Balaban J connectivity index is 1.64. The molecule has 2 saturated heterocycles. The summed E-state index contributed by atoms with van der Waals surface area (Å²) in [6.07, 6.45) is 1.89. The van der Waals surface area contributed by atoms with Crippen LogP contribution in [0.3, 0.4) is 0 Å². The Morgan fingerprint density at radius 3 is 2.95 bits per heavy atom. The van der Waals surface area contributed by atoms with E-state index in [1.54, 1.807) is 0 Å². The molecule has 0 aromatic carbocycles. The fourth-order valence-electron chi connectivity index (χ4n) is 2.65. The normalized spacial score (nSPS) is 22.9. The van der Waals surface area contributed by atoms with Gasteiger partial charge in [0, 0.05) is 12.5 Å². The summed E-state index contributed by atoms with van der Waals surface area (Å²) in [6, 6.07) is 1.46. The van der Waals surface area contributed by atoms with Gasteiger partial charge in [0.1, 0.15) is 0 Å². The number of likely N-dealkylation sites (tertiary alicyclic amines) is 1. The predicted molar refractivity (Wildman–Crippen MR) is 62.6 cm³/mol. The van der Waals surface area contributed by atoms with Gasteiger partial charge in [-0.15, -0.1) is 0 Å². The summed E-state index contributed by atoms with van der Waals surface area (Å²) < 4.78 is 16.4. The molecular weight excluding hydrogens is 252 g/mol. The number of ether oxygens (including phenoxy) is 2. The molecule has 2 fully saturated rings. The maximum absolute atomic E-state index is 10.7. The van der Waals surface area contributed by atoms with Gasteiger partial charge >= 0.3 is 5.97 Å². The number of rotatable bonds is 3. The van der Waals surface area contributed by atoms with E-state index in [9.17, 15) is 4.79 Å². The zero-order valence-electron chi connectivity index (χ0n) is 10.5. The smallest absolute Gasteiger partial charge is 0.358 e. The van der Waals surface area contributed by atoms with Gasteiger partial charge in [-0.25, -0.2) is 4.79 Å². The van der Waals surface area contributed by atoms with E-state index in [0.717, 1.165) is 19.4 Å². The predicted octanol–water partition coefficient (Wildman–Crippen LogP) is 0.712. The van der Waals surface area contributed by atoms with Gasteiger partial charge in [-0.05, 0) is 13.0 Å². The molecule has 3 rings (SSSR count). The topological polar surface area (TPSA) is 85.0 Å². The van der Waals surface area contributed by atoms with Crippen molar-refractivity contribution in [3.8, 4) is 0 Å². The molecule has 0 amide bonds. The monoisotopic (exact) mass is 268 g/mol. The summed E-state index contributed by atoms with van der Waals surface area (Å²) >= 11 is 0. The summed E-state index contributed by atoms with van der Waals surface area (Å²) in [5.74, 6) is -1.01. The van der Waals surface area contributed by atoms with Gasteiger partial charge < -0.3 is 19.1 Å². The van der Waals surface area contributed by atoms with E-state index in [4.69, 9.17) is 19.1 Å². The van der Waals surface area contributed by atoms with Crippen LogP contribution >= 0.6 is 0 Å². The summed E-state index contributed by atoms with van der Waals surface area (Å²) in [5.41, 5.74) is -0.0601. The Hall–Kier alpha value is -1.44. The van der Waals surface area contributed by atoms with Crippen LogP contribution in [0.1, 0.15) is 29.1 Å². The number of hydrogen-bond donors (Lipinski definition) is 1. The summed E-state index contributed by atoms with van der Waals surface area (Å²) in [6.45, 7) is 3.39. The summed E-state index contributed by atoms with van der Waals surface area (Å²) in [7, 11) is 0. The fourth-order valence-corrected chi connectivity index (χ4v) is 2.65. The van der Waals surface area contributed by atoms with Crippen molar-refractivity contribution in [2.24, 2.45) is 0 Å². The van der Waals surface area contributed by atoms with Crippen LogP contribution in [0.4, 0.5) is 0 Å². The first-order valence-corrected chi connectivity index (χ1v) is 6.36. The van der Waals surface area contributed by atoms with Crippen LogP contribution < -0.4 is 0 Å².